The van der Waals surface area contributed by atoms with E-state index in [1.165, 1.54) is 6.42 Å². The summed E-state index contributed by atoms with van der Waals surface area (Å²) in [4.78, 5) is 0. The lowest BCUT2D eigenvalue weighted by molar-refractivity contribution is -0.0508. The molecule has 1 saturated carbocycles. The molecule has 0 atom stereocenters. The summed E-state index contributed by atoms with van der Waals surface area (Å²) in [5.41, 5.74) is 4.91. The monoisotopic (exact) mass is 201 g/mol. The number of aliphatic hydroxyl groups is 1. The lowest BCUT2D eigenvalue weighted by Gasteiger charge is -2.34. The fraction of sp³-hybridized carbons (Fsp3) is 1.00. The van der Waals surface area contributed by atoms with Crippen LogP contribution in [0.1, 0.15) is 45.4 Å². The van der Waals surface area contributed by atoms with E-state index in [2.05, 4.69) is 6.92 Å². The Bertz CT molecular complexity index is 153. The molecule has 1 fully saturated rings. The van der Waals surface area contributed by atoms with Crippen LogP contribution in [0, 0.1) is 0 Å². The Kier molecular flexibility index (Phi) is 4.85. The first kappa shape index (κ1) is 12.0. The van der Waals surface area contributed by atoms with E-state index >= 15 is 0 Å². The maximum Gasteiger partial charge on any atom is 0.0771 e. The van der Waals surface area contributed by atoms with E-state index in [0.717, 1.165) is 38.7 Å². The lowest BCUT2D eigenvalue weighted by Crippen LogP contribution is -2.42. The Morgan fingerprint density at radius 3 is 2.57 bits per heavy atom. The van der Waals surface area contributed by atoms with Crippen molar-refractivity contribution in [3.63, 3.8) is 0 Å². The van der Waals surface area contributed by atoms with Crippen LogP contribution in [0.15, 0.2) is 0 Å². The Hall–Kier alpha value is -0.120. The number of hydrogen-bond donors (Lipinski definition) is 2. The Morgan fingerprint density at radius 2 is 2.07 bits per heavy atom. The van der Waals surface area contributed by atoms with Gasteiger partial charge in [-0.15, -0.1) is 0 Å². The van der Waals surface area contributed by atoms with Crippen molar-refractivity contribution in [3.8, 4) is 0 Å². The molecule has 0 aromatic rings. The zero-order chi connectivity index (χ0) is 10.4. The van der Waals surface area contributed by atoms with Crippen LogP contribution < -0.4 is 5.73 Å². The van der Waals surface area contributed by atoms with Crippen molar-refractivity contribution in [1.29, 1.82) is 0 Å². The average molecular weight is 201 g/mol. The summed E-state index contributed by atoms with van der Waals surface area (Å²) in [5, 5.41) is 9.89. The first-order valence-electron chi connectivity index (χ1n) is 5.74. The van der Waals surface area contributed by atoms with Crippen LogP contribution in [0.5, 0.6) is 0 Å². The highest BCUT2D eigenvalue weighted by Crippen LogP contribution is 2.29. The van der Waals surface area contributed by atoms with E-state index in [1.807, 2.05) is 0 Å². The highest BCUT2D eigenvalue weighted by atomic mass is 16.5. The zero-order valence-electron chi connectivity index (χ0n) is 9.17. The zero-order valence-corrected chi connectivity index (χ0v) is 9.17. The summed E-state index contributed by atoms with van der Waals surface area (Å²) in [6, 6.07) is 0. The number of ether oxygens (including phenoxy) is 1. The highest BCUT2D eigenvalue weighted by molar-refractivity contribution is 4.86. The van der Waals surface area contributed by atoms with Crippen molar-refractivity contribution in [1.82, 2.24) is 0 Å². The third-order valence-corrected chi connectivity index (χ3v) is 3.09. The van der Waals surface area contributed by atoms with Gasteiger partial charge in [0.1, 0.15) is 0 Å². The molecule has 3 nitrogen and oxygen atoms in total. The maximum atomic E-state index is 9.89. The summed E-state index contributed by atoms with van der Waals surface area (Å²) in [5.74, 6) is 0. The molecule has 0 bridgehead atoms. The first-order valence-corrected chi connectivity index (χ1v) is 5.74. The molecule has 84 valence electrons. The van der Waals surface area contributed by atoms with Crippen LogP contribution in [0.4, 0.5) is 0 Å². The van der Waals surface area contributed by atoms with Crippen molar-refractivity contribution in [2.75, 3.05) is 13.2 Å². The second-order valence-corrected chi connectivity index (χ2v) is 4.35. The molecule has 0 amide bonds. The molecular weight excluding hydrogens is 178 g/mol. The summed E-state index contributed by atoms with van der Waals surface area (Å²) in [6.45, 7) is 3.41. The minimum absolute atomic E-state index is 0.355. The molecule has 0 unspecified atom stereocenters. The van der Waals surface area contributed by atoms with Gasteiger partial charge in [-0.3, -0.25) is 0 Å². The highest BCUT2D eigenvalue weighted by Gasteiger charge is 2.31. The molecule has 0 heterocycles. The van der Waals surface area contributed by atoms with Gasteiger partial charge < -0.3 is 15.6 Å². The van der Waals surface area contributed by atoms with Gasteiger partial charge in [-0.2, -0.15) is 0 Å². The molecule has 1 aliphatic rings. The Balaban J connectivity index is 2.15. The Labute approximate surface area is 86.6 Å². The standard InChI is InChI=1S/C11H23NO2/c1-2-3-8-14-10-4-6-11(13,9-12)7-5-10/h10,13H,2-9,12H2,1H3. The summed E-state index contributed by atoms with van der Waals surface area (Å²) >= 11 is 0. The number of nitrogens with two attached hydrogens (primary N) is 1. The topological polar surface area (TPSA) is 55.5 Å². The maximum absolute atomic E-state index is 9.89. The molecule has 3 heteroatoms. The molecule has 0 saturated heterocycles. The van der Waals surface area contributed by atoms with E-state index in [0.29, 0.717) is 12.6 Å². The largest absolute Gasteiger partial charge is 0.389 e. The van der Waals surface area contributed by atoms with Crippen LogP contribution in [0.3, 0.4) is 0 Å². The van der Waals surface area contributed by atoms with E-state index < -0.39 is 5.60 Å². The van der Waals surface area contributed by atoms with Gasteiger partial charge >= 0.3 is 0 Å². The Morgan fingerprint density at radius 1 is 1.43 bits per heavy atom. The molecule has 0 aromatic carbocycles. The van der Waals surface area contributed by atoms with Gasteiger partial charge in [0.2, 0.25) is 0 Å². The van der Waals surface area contributed by atoms with E-state index in [-0.39, 0.29) is 0 Å². The van der Waals surface area contributed by atoms with E-state index in [4.69, 9.17) is 10.5 Å². The molecule has 1 aliphatic carbocycles. The molecular formula is C11H23NO2. The van der Waals surface area contributed by atoms with Gasteiger partial charge in [0.05, 0.1) is 11.7 Å². The molecule has 0 spiro atoms. The summed E-state index contributed by atoms with van der Waals surface area (Å²) < 4.78 is 5.71. The number of unbranched alkanes of at least 4 members (excludes halogenated alkanes) is 1. The third kappa shape index (κ3) is 3.56. The van der Waals surface area contributed by atoms with Crippen LogP contribution in [-0.4, -0.2) is 30.0 Å². The smallest absolute Gasteiger partial charge is 0.0771 e. The predicted molar refractivity (Wildman–Crippen MR) is 57.1 cm³/mol. The van der Waals surface area contributed by atoms with E-state index in [1.54, 1.807) is 0 Å². The normalized spacial score (nSPS) is 33.2. The van der Waals surface area contributed by atoms with Gasteiger partial charge in [0.25, 0.3) is 0 Å². The first-order chi connectivity index (χ1) is 6.70. The molecule has 0 radical (unpaired) electrons. The van der Waals surface area contributed by atoms with Crippen LogP contribution in [0.25, 0.3) is 0 Å². The van der Waals surface area contributed by atoms with Crippen molar-refractivity contribution in [3.05, 3.63) is 0 Å². The molecule has 3 N–H and O–H groups in total. The van der Waals surface area contributed by atoms with Crippen LogP contribution >= 0.6 is 0 Å². The number of rotatable bonds is 5. The average Bonchev–Trinajstić information content (AvgIpc) is 2.22. The quantitative estimate of drug-likeness (QED) is 0.662. The molecule has 1 rings (SSSR count). The van der Waals surface area contributed by atoms with Gasteiger partial charge in [-0.25, -0.2) is 0 Å². The van der Waals surface area contributed by atoms with E-state index in [9.17, 15) is 5.11 Å². The second-order valence-electron chi connectivity index (χ2n) is 4.35. The van der Waals surface area contributed by atoms with Crippen molar-refractivity contribution in [2.24, 2.45) is 5.73 Å². The summed E-state index contributed by atoms with van der Waals surface area (Å²) in [6.07, 6.45) is 6.17. The predicted octanol–water partition coefficient (Wildman–Crippen LogP) is 1.44. The molecule has 0 aromatic heterocycles. The molecule has 14 heavy (non-hydrogen) atoms. The SMILES string of the molecule is CCCCOC1CCC(O)(CN)CC1. The molecule has 0 aliphatic heterocycles. The van der Waals surface area contributed by atoms with Gasteiger partial charge in [0.15, 0.2) is 0 Å². The second kappa shape index (κ2) is 5.69. The van der Waals surface area contributed by atoms with Gasteiger partial charge in [-0.05, 0) is 32.1 Å². The number of hydrogen-bond acceptors (Lipinski definition) is 3. The van der Waals surface area contributed by atoms with Crippen LogP contribution in [0.2, 0.25) is 0 Å². The minimum atomic E-state index is -0.607. The van der Waals surface area contributed by atoms with Crippen molar-refractivity contribution < 1.29 is 9.84 Å². The minimum Gasteiger partial charge on any atom is -0.389 e. The van der Waals surface area contributed by atoms with Gasteiger partial charge in [0, 0.05) is 13.2 Å². The lowest BCUT2D eigenvalue weighted by atomic mass is 9.83. The van der Waals surface area contributed by atoms with Crippen molar-refractivity contribution in [2.45, 2.75) is 57.2 Å². The summed E-state index contributed by atoms with van der Waals surface area (Å²) in [7, 11) is 0. The van der Waals surface area contributed by atoms with Gasteiger partial charge in [-0.1, -0.05) is 13.3 Å². The van der Waals surface area contributed by atoms with Crippen LogP contribution in [-0.2, 0) is 4.74 Å². The fourth-order valence-electron chi connectivity index (χ4n) is 1.89. The third-order valence-electron chi connectivity index (χ3n) is 3.09. The fourth-order valence-corrected chi connectivity index (χ4v) is 1.89. The van der Waals surface area contributed by atoms with Crippen molar-refractivity contribution >= 4 is 0 Å².